The number of phenols is 1. The van der Waals surface area contributed by atoms with E-state index in [1.165, 1.54) is 0 Å². The number of amides is 1. The fourth-order valence-corrected chi connectivity index (χ4v) is 4.40. The van der Waals surface area contributed by atoms with Crippen LogP contribution >= 0.6 is 24.0 Å². The van der Waals surface area contributed by atoms with Gasteiger partial charge < -0.3 is 15.7 Å². The molecule has 2 aliphatic rings. The predicted octanol–water partition coefficient (Wildman–Crippen LogP) is 3.43. The molecule has 4 rings (SSSR count). The number of carbonyl (C=O) groups is 1. The predicted molar refractivity (Wildman–Crippen MR) is 98.0 cm³/mol. The lowest BCUT2D eigenvalue weighted by Crippen LogP contribution is -2.33. The Morgan fingerprint density at radius 2 is 1.92 bits per heavy atom. The Kier molecular flexibility index (Phi) is 4.65. The van der Waals surface area contributed by atoms with Crippen molar-refractivity contribution in [3.05, 3.63) is 40.9 Å². The molecule has 2 aromatic rings. The van der Waals surface area contributed by atoms with Gasteiger partial charge >= 0.3 is 0 Å². The molecule has 4 nitrogen and oxygen atoms in total. The van der Waals surface area contributed by atoms with E-state index in [4.69, 9.17) is 17.3 Å². The number of rotatable bonds is 1. The van der Waals surface area contributed by atoms with E-state index in [1.54, 1.807) is 12.1 Å². The Hall–Kier alpha value is -1.49. The summed E-state index contributed by atoms with van der Waals surface area (Å²) in [6.45, 7) is 1.40. The number of phenolic OH excluding ortho intramolecular Hbond substituents is 1. The molecule has 1 amide bonds. The van der Waals surface area contributed by atoms with E-state index in [0.29, 0.717) is 28.8 Å². The summed E-state index contributed by atoms with van der Waals surface area (Å²) in [6, 6.07) is 9.07. The number of hydrogen-bond donors (Lipinski definition) is 2. The Morgan fingerprint density at radius 1 is 1.21 bits per heavy atom. The average molecular weight is 367 g/mol. The van der Waals surface area contributed by atoms with Crippen LogP contribution in [0, 0.1) is 11.8 Å². The lowest BCUT2D eigenvalue weighted by Gasteiger charge is -2.20. The highest BCUT2D eigenvalue weighted by atomic mass is 35.5. The van der Waals surface area contributed by atoms with Crippen molar-refractivity contribution >= 4 is 40.7 Å². The van der Waals surface area contributed by atoms with Crippen molar-refractivity contribution in [1.29, 1.82) is 0 Å². The second-order valence-electron chi connectivity index (χ2n) is 6.68. The molecule has 24 heavy (non-hydrogen) atoms. The number of carbonyl (C=O) groups excluding carboxylic acids is 1. The van der Waals surface area contributed by atoms with Gasteiger partial charge in [-0.25, -0.2) is 0 Å². The van der Waals surface area contributed by atoms with Crippen LogP contribution in [0.3, 0.4) is 0 Å². The van der Waals surface area contributed by atoms with E-state index < -0.39 is 0 Å². The molecule has 2 fully saturated rings. The van der Waals surface area contributed by atoms with E-state index in [0.717, 1.165) is 24.8 Å². The SMILES string of the molecule is Cl.NC1CCC2CN(C(=O)c3cc(Cl)c4ccccc4c3O)CC12. The zero-order chi connectivity index (χ0) is 16.1. The smallest absolute Gasteiger partial charge is 0.257 e. The highest BCUT2D eigenvalue weighted by Crippen LogP contribution is 2.40. The summed E-state index contributed by atoms with van der Waals surface area (Å²) < 4.78 is 0. The third-order valence-corrected chi connectivity index (χ3v) is 5.71. The molecule has 2 aromatic carbocycles. The number of nitrogens with zero attached hydrogens (tertiary/aromatic N) is 1. The van der Waals surface area contributed by atoms with Gasteiger partial charge in [0.2, 0.25) is 0 Å². The molecule has 0 spiro atoms. The van der Waals surface area contributed by atoms with Gasteiger partial charge in [0.05, 0.1) is 5.56 Å². The number of hydrogen-bond acceptors (Lipinski definition) is 3. The monoisotopic (exact) mass is 366 g/mol. The first-order valence-electron chi connectivity index (χ1n) is 8.01. The number of benzene rings is 2. The van der Waals surface area contributed by atoms with Crippen molar-refractivity contribution in [3.8, 4) is 5.75 Å². The zero-order valence-electron chi connectivity index (χ0n) is 13.1. The van der Waals surface area contributed by atoms with Crippen LogP contribution in [0.2, 0.25) is 5.02 Å². The summed E-state index contributed by atoms with van der Waals surface area (Å²) in [7, 11) is 0. The van der Waals surface area contributed by atoms with E-state index in [1.807, 2.05) is 23.1 Å². The second-order valence-corrected chi connectivity index (χ2v) is 7.08. The van der Waals surface area contributed by atoms with Crippen LogP contribution in [-0.2, 0) is 0 Å². The number of likely N-dealkylation sites (tertiary alicyclic amines) is 1. The molecule has 6 heteroatoms. The summed E-state index contributed by atoms with van der Waals surface area (Å²) in [6.07, 6.45) is 2.13. The van der Waals surface area contributed by atoms with Gasteiger partial charge in [0, 0.05) is 34.9 Å². The lowest BCUT2D eigenvalue weighted by molar-refractivity contribution is 0.0777. The van der Waals surface area contributed by atoms with Crippen LogP contribution in [-0.4, -0.2) is 35.0 Å². The van der Waals surface area contributed by atoms with Gasteiger partial charge in [0.25, 0.3) is 5.91 Å². The molecule has 3 N–H and O–H groups in total. The highest BCUT2D eigenvalue weighted by molar-refractivity contribution is 6.36. The summed E-state index contributed by atoms with van der Waals surface area (Å²) in [4.78, 5) is 14.7. The first-order valence-corrected chi connectivity index (χ1v) is 8.39. The van der Waals surface area contributed by atoms with Gasteiger partial charge in [-0.05, 0) is 30.7 Å². The minimum atomic E-state index is -0.156. The molecule has 1 heterocycles. The Morgan fingerprint density at radius 3 is 2.62 bits per heavy atom. The van der Waals surface area contributed by atoms with Gasteiger partial charge in [0.1, 0.15) is 5.75 Å². The zero-order valence-corrected chi connectivity index (χ0v) is 14.7. The Balaban J connectivity index is 0.00000169. The van der Waals surface area contributed by atoms with Crippen LogP contribution in [0.5, 0.6) is 5.75 Å². The third kappa shape index (κ3) is 2.63. The second kappa shape index (κ2) is 6.43. The van der Waals surface area contributed by atoms with Crippen molar-refractivity contribution in [2.75, 3.05) is 13.1 Å². The van der Waals surface area contributed by atoms with Crippen molar-refractivity contribution in [3.63, 3.8) is 0 Å². The molecular weight excluding hydrogens is 347 g/mol. The van der Waals surface area contributed by atoms with E-state index in [2.05, 4.69) is 0 Å². The van der Waals surface area contributed by atoms with Crippen molar-refractivity contribution < 1.29 is 9.90 Å². The molecule has 0 bridgehead atoms. The topological polar surface area (TPSA) is 66.6 Å². The van der Waals surface area contributed by atoms with Crippen LogP contribution < -0.4 is 5.73 Å². The summed E-state index contributed by atoms with van der Waals surface area (Å²) >= 11 is 6.30. The van der Waals surface area contributed by atoms with Crippen LogP contribution in [0.25, 0.3) is 10.8 Å². The molecular formula is C18H20Cl2N2O2. The average Bonchev–Trinajstić information content (AvgIpc) is 3.13. The summed E-state index contributed by atoms with van der Waals surface area (Å²) in [5.41, 5.74) is 6.42. The maximum atomic E-state index is 12.9. The Labute approximate surface area is 152 Å². The fourth-order valence-electron chi connectivity index (χ4n) is 4.12. The van der Waals surface area contributed by atoms with Gasteiger partial charge in [-0.15, -0.1) is 12.4 Å². The first-order chi connectivity index (χ1) is 11.1. The van der Waals surface area contributed by atoms with Gasteiger partial charge in [-0.3, -0.25) is 4.79 Å². The van der Waals surface area contributed by atoms with Crippen molar-refractivity contribution in [2.24, 2.45) is 17.6 Å². The van der Waals surface area contributed by atoms with Crippen LogP contribution in [0.1, 0.15) is 23.2 Å². The number of nitrogens with two attached hydrogens (primary N) is 1. The Bertz CT molecular complexity index is 796. The number of aromatic hydroxyl groups is 1. The van der Waals surface area contributed by atoms with Crippen molar-refractivity contribution in [1.82, 2.24) is 4.90 Å². The molecule has 128 valence electrons. The molecule has 1 saturated heterocycles. The van der Waals surface area contributed by atoms with E-state index in [9.17, 15) is 9.90 Å². The maximum Gasteiger partial charge on any atom is 0.257 e. The van der Waals surface area contributed by atoms with Crippen molar-refractivity contribution in [2.45, 2.75) is 18.9 Å². The van der Waals surface area contributed by atoms with E-state index >= 15 is 0 Å². The van der Waals surface area contributed by atoms with Gasteiger partial charge in [-0.2, -0.15) is 0 Å². The van der Waals surface area contributed by atoms with Crippen LogP contribution in [0.15, 0.2) is 30.3 Å². The molecule has 3 atom stereocenters. The number of halogens is 2. The molecule has 0 radical (unpaired) electrons. The molecule has 0 aromatic heterocycles. The minimum absolute atomic E-state index is 0. The quantitative estimate of drug-likeness (QED) is 0.812. The first kappa shape index (κ1) is 17.3. The third-order valence-electron chi connectivity index (χ3n) is 5.40. The number of fused-ring (bicyclic) bond motifs is 2. The standard InChI is InChI=1S/C18H19ClN2O2.ClH/c19-15-7-13(17(22)12-4-2-1-3-11(12)15)18(23)21-8-10-5-6-16(20)14(10)9-21;/h1-4,7,10,14,16,22H,5-6,8-9,20H2;1H. The molecule has 1 aliphatic carbocycles. The van der Waals surface area contributed by atoms with Gasteiger partial charge in [0.15, 0.2) is 0 Å². The maximum absolute atomic E-state index is 12.9. The largest absolute Gasteiger partial charge is 0.506 e. The van der Waals surface area contributed by atoms with Crippen LogP contribution in [0.4, 0.5) is 0 Å². The highest BCUT2D eigenvalue weighted by Gasteiger charge is 2.43. The normalized spacial score (nSPS) is 25.6. The molecule has 1 saturated carbocycles. The summed E-state index contributed by atoms with van der Waals surface area (Å²) in [5.74, 6) is 0.733. The minimum Gasteiger partial charge on any atom is -0.506 e. The fraction of sp³-hybridized carbons (Fsp3) is 0.389. The summed E-state index contributed by atoms with van der Waals surface area (Å²) in [5, 5.41) is 12.4. The van der Waals surface area contributed by atoms with E-state index in [-0.39, 0.29) is 35.7 Å². The molecule has 1 aliphatic heterocycles. The van der Waals surface area contributed by atoms with Gasteiger partial charge in [-0.1, -0.05) is 35.9 Å². The lowest BCUT2D eigenvalue weighted by atomic mass is 9.98. The molecule has 3 unspecified atom stereocenters.